The van der Waals surface area contributed by atoms with Crippen LogP contribution in [0.15, 0.2) is 48.5 Å². The maximum absolute atomic E-state index is 12.9. The molecular weight excluding hydrogens is 450 g/mol. The summed E-state index contributed by atoms with van der Waals surface area (Å²) in [5.74, 6) is 0.609. The van der Waals surface area contributed by atoms with Crippen LogP contribution in [-0.4, -0.2) is 50.1 Å². The largest absolute Gasteiger partial charge is 0.505 e. The number of ether oxygens (including phenoxy) is 2. The first-order valence-corrected chi connectivity index (χ1v) is 11.0. The van der Waals surface area contributed by atoms with Crippen LogP contribution in [0.4, 0.5) is 5.95 Å². The van der Waals surface area contributed by atoms with Crippen LogP contribution < -0.4 is 14.8 Å². The van der Waals surface area contributed by atoms with E-state index in [1.54, 1.807) is 43.2 Å². The lowest BCUT2D eigenvalue weighted by Crippen LogP contribution is -2.13. The summed E-state index contributed by atoms with van der Waals surface area (Å²) in [7, 11) is 3.17. The third-order valence-corrected chi connectivity index (χ3v) is 5.37. The van der Waals surface area contributed by atoms with Gasteiger partial charge in [0.15, 0.2) is 11.6 Å². The molecule has 0 saturated heterocycles. The molecule has 0 radical (unpaired) electrons. The van der Waals surface area contributed by atoms with Gasteiger partial charge in [-0.3, -0.25) is 10.1 Å². The number of hydrogen-bond donors (Lipinski definition) is 4. The molecule has 0 saturated carbocycles. The predicted octanol–water partition coefficient (Wildman–Crippen LogP) is 4.14. The molecule has 0 aliphatic rings. The third-order valence-electron chi connectivity index (χ3n) is 5.37. The fraction of sp³-hybridized carbons (Fsp3) is 0.240. The second-order valence-corrected chi connectivity index (χ2v) is 8.33. The van der Waals surface area contributed by atoms with Crippen LogP contribution in [0.5, 0.6) is 23.1 Å². The molecule has 0 bridgehead atoms. The predicted molar refractivity (Wildman–Crippen MR) is 131 cm³/mol. The van der Waals surface area contributed by atoms with Gasteiger partial charge in [0.25, 0.3) is 5.91 Å². The number of carbonyl (C=O) groups is 1. The second kappa shape index (κ2) is 9.80. The van der Waals surface area contributed by atoms with E-state index in [1.807, 2.05) is 38.1 Å². The van der Waals surface area contributed by atoms with Gasteiger partial charge in [0.1, 0.15) is 17.1 Å². The lowest BCUT2D eigenvalue weighted by Gasteiger charge is -2.07. The molecule has 0 aliphatic carbocycles. The number of amides is 1. The van der Waals surface area contributed by atoms with Crippen molar-refractivity contribution < 1.29 is 24.5 Å². The summed E-state index contributed by atoms with van der Waals surface area (Å²) in [6.45, 7) is 3.93. The maximum Gasteiger partial charge on any atom is 0.267 e. The minimum atomic E-state index is -0.737. The molecule has 0 aliphatic heterocycles. The molecule has 2 aromatic carbocycles. The summed E-state index contributed by atoms with van der Waals surface area (Å²) in [4.78, 5) is 20.1. The molecule has 1 amide bonds. The van der Waals surface area contributed by atoms with Gasteiger partial charge in [-0.15, -0.1) is 5.10 Å². The number of H-pyrrole nitrogens is 1. The standard InChI is InChI=1S/C25H27N5O5/c1-14(2)13-19-21(31)20(23(32)26-19)24(33)28-25-27-22(15-5-9-17(34-3)10-6-15)30(29-25)16-7-11-18(35-4)12-8-16/h5-12,14,26,31-32H,13H2,1-4H3,(H,28,29,33). The van der Waals surface area contributed by atoms with Crippen molar-refractivity contribution in [1.29, 1.82) is 0 Å². The number of rotatable bonds is 8. The highest BCUT2D eigenvalue weighted by Gasteiger charge is 2.25. The Balaban J connectivity index is 1.71. The molecule has 0 unspecified atom stereocenters. The van der Waals surface area contributed by atoms with E-state index in [0.717, 1.165) is 5.56 Å². The lowest BCUT2D eigenvalue weighted by molar-refractivity contribution is 0.102. The molecule has 4 N–H and O–H groups in total. The first-order chi connectivity index (χ1) is 16.8. The number of aromatic nitrogens is 4. The zero-order valence-electron chi connectivity index (χ0n) is 19.9. The molecule has 2 heterocycles. The summed E-state index contributed by atoms with van der Waals surface area (Å²) < 4.78 is 12.1. The van der Waals surface area contributed by atoms with Gasteiger partial charge in [0, 0.05) is 5.56 Å². The number of anilines is 1. The summed E-state index contributed by atoms with van der Waals surface area (Å²) in [6, 6.07) is 14.5. The number of aromatic amines is 1. The highest BCUT2D eigenvalue weighted by Crippen LogP contribution is 2.33. The van der Waals surface area contributed by atoms with Crippen molar-refractivity contribution in [3.8, 4) is 40.2 Å². The Bertz CT molecular complexity index is 1260. The van der Waals surface area contributed by atoms with Gasteiger partial charge >= 0.3 is 0 Å². The Hall–Kier alpha value is -4.47. The van der Waals surface area contributed by atoms with E-state index in [0.29, 0.717) is 35.1 Å². The minimum absolute atomic E-state index is 0.00189. The Morgan fingerprint density at radius 3 is 2.20 bits per heavy atom. The zero-order valence-corrected chi connectivity index (χ0v) is 19.9. The van der Waals surface area contributed by atoms with E-state index in [9.17, 15) is 15.0 Å². The van der Waals surface area contributed by atoms with Crippen molar-refractivity contribution in [2.45, 2.75) is 20.3 Å². The fourth-order valence-electron chi connectivity index (χ4n) is 3.66. The topological polar surface area (TPSA) is 135 Å². The van der Waals surface area contributed by atoms with Gasteiger partial charge in [-0.25, -0.2) is 4.68 Å². The quantitative estimate of drug-likeness (QED) is 0.300. The number of hydrogen-bond acceptors (Lipinski definition) is 7. The van der Waals surface area contributed by atoms with E-state index < -0.39 is 11.8 Å². The van der Waals surface area contributed by atoms with Crippen LogP contribution >= 0.6 is 0 Å². The highest BCUT2D eigenvalue weighted by atomic mass is 16.5. The van der Waals surface area contributed by atoms with Crippen LogP contribution in [0.3, 0.4) is 0 Å². The van der Waals surface area contributed by atoms with Crippen LogP contribution in [0.25, 0.3) is 17.1 Å². The molecule has 182 valence electrons. The molecule has 35 heavy (non-hydrogen) atoms. The fourth-order valence-corrected chi connectivity index (χ4v) is 3.66. The Morgan fingerprint density at radius 2 is 1.63 bits per heavy atom. The summed E-state index contributed by atoms with van der Waals surface area (Å²) >= 11 is 0. The van der Waals surface area contributed by atoms with Crippen molar-refractivity contribution in [3.05, 3.63) is 59.8 Å². The smallest absolute Gasteiger partial charge is 0.267 e. The SMILES string of the molecule is COc1ccc(-c2nc(NC(=O)c3c(O)[nH]c(CC(C)C)c3O)nn2-c2ccc(OC)cc2)cc1. The van der Waals surface area contributed by atoms with Crippen molar-refractivity contribution in [2.75, 3.05) is 19.5 Å². The zero-order chi connectivity index (χ0) is 25.1. The van der Waals surface area contributed by atoms with E-state index in [2.05, 4.69) is 20.4 Å². The Labute approximate surface area is 202 Å². The van der Waals surface area contributed by atoms with Crippen LogP contribution in [-0.2, 0) is 6.42 Å². The van der Waals surface area contributed by atoms with Gasteiger partial charge in [-0.05, 0) is 60.9 Å². The number of aromatic hydroxyl groups is 2. The second-order valence-electron chi connectivity index (χ2n) is 8.33. The first-order valence-electron chi connectivity index (χ1n) is 11.0. The normalized spacial score (nSPS) is 11.0. The van der Waals surface area contributed by atoms with Gasteiger partial charge < -0.3 is 24.7 Å². The van der Waals surface area contributed by atoms with Gasteiger partial charge in [0.2, 0.25) is 11.8 Å². The molecule has 2 aromatic heterocycles. The first kappa shape index (κ1) is 23.7. The number of carbonyl (C=O) groups excluding carboxylic acids is 1. The molecule has 4 aromatic rings. The van der Waals surface area contributed by atoms with E-state index in [4.69, 9.17) is 9.47 Å². The molecule has 0 atom stereocenters. The summed E-state index contributed by atoms with van der Waals surface area (Å²) in [5, 5.41) is 27.8. The molecular formula is C25H27N5O5. The molecule has 10 heteroatoms. The van der Waals surface area contributed by atoms with Crippen LogP contribution in [0.2, 0.25) is 0 Å². The lowest BCUT2D eigenvalue weighted by atomic mass is 10.1. The molecule has 0 spiro atoms. The van der Waals surface area contributed by atoms with Crippen molar-refractivity contribution >= 4 is 11.9 Å². The third kappa shape index (κ3) is 4.91. The molecule has 4 rings (SSSR count). The molecule has 10 nitrogen and oxygen atoms in total. The Kier molecular flexibility index (Phi) is 6.63. The van der Waals surface area contributed by atoms with Gasteiger partial charge in [0.05, 0.1) is 25.6 Å². The average molecular weight is 478 g/mol. The van der Waals surface area contributed by atoms with Crippen molar-refractivity contribution in [2.24, 2.45) is 5.92 Å². The molecule has 0 fully saturated rings. The number of nitrogens with one attached hydrogen (secondary N) is 2. The highest BCUT2D eigenvalue weighted by molar-refractivity contribution is 6.07. The number of methoxy groups -OCH3 is 2. The van der Waals surface area contributed by atoms with E-state index in [-0.39, 0.29) is 23.2 Å². The Morgan fingerprint density at radius 1 is 1.03 bits per heavy atom. The monoisotopic (exact) mass is 477 g/mol. The van der Waals surface area contributed by atoms with Crippen molar-refractivity contribution in [3.63, 3.8) is 0 Å². The van der Waals surface area contributed by atoms with Crippen molar-refractivity contribution in [1.82, 2.24) is 19.7 Å². The minimum Gasteiger partial charge on any atom is -0.505 e. The number of nitrogens with zero attached hydrogens (tertiary/aromatic N) is 3. The summed E-state index contributed by atoms with van der Waals surface area (Å²) in [6.07, 6.45) is 0.471. The maximum atomic E-state index is 12.9. The van der Waals surface area contributed by atoms with Crippen LogP contribution in [0.1, 0.15) is 29.9 Å². The summed E-state index contributed by atoms with van der Waals surface area (Å²) in [5.41, 5.74) is 1.56. The average Bonchev–Trinajstić information content (AvgIpc) is 3.38. The van der Waals surface area contributed by atoms with Gasteiger partial charge in [-0.2, -0.15) is 4.98 Å². The number of benzene rings is 2. The van der Waals surface area contributed by atoms with E-state index >= 15 is 0 Å². The van der Waals surface area contributed by atoms with E-state index in [1.165, 1.54) is 0 Å². The van der Waals surface area contributed by atoms with Crippen LogP contribution in [0, 0.1) is 5.92 Å². The van der Waals surface area contributed by atoms with Gasteiger partial charge in [-0.1, -0.05) is 13.8 Å².